The van der Waals surface area contributed by atoms with E-state index in [2.05, 4.69) is 18.6 Å². The summed E-state index contributed by atoms with van der Waals surface area (Å²) in [5, 5.41) is 0. The first kappa shape index (κ1) is 15.3. The second-order valence-corrected chi connectivity index (χ2v) is 7.80. The zero-order chi connectivity index (χ0) is 15.1. The van der Waals surface area contributed by atoms with Crippen molar-refractivity contribution in [2.75, 3.05) is 5.73 Å². The maximum atomic E-state index is 12.5. The predicted molar refractivity (Wildman–Crippen MR) is 82.0 cm³/mol. The first-order valence-electron chi connectivity index (χ1n) is 7.11. The molecular weight excluding hydrogens is 272 g/mol. The molecule has 112 valence electrons. The van der Waals surface area contributed by atoms with Crippen LogP contribution in [0.3, 0.4) is 0 Å². The van der Waals surface area contributed by atoms with Gasteiger partial charge in [0.05, 0.1) is 5.69 Å². The van der Waals surface area contributed by atoms with Crippen molar-refractivity contribution in [3.05, 3.63) is 23.3 Å². The van der Waals surface area contributed by atoms with Crippen molar-refractivity contribution in [1.29, 1.82) is 0 Å². The van der Waals surface area contributed by atoms with E-state index in [0.717, 1.165) is 24.0 Å². The summed E-state index contributed by atoms with van der Waals surface area (Å²) in [5.74, 6) is 0.914. The van der Waals surface area contributed by atoms with E-state index in [4.69, 9.17) is 5.73 Å². The molecule has 0 amide bonds. The van der Waals surface area contributed by atoms with Crippen LogP contribution in [0.2, 0.25) is 0 Å². The van der Waals surface area contributed by atoms with E-state index in [0.29, 0.717) is 17.5 Å². The van der Waals surface area contributed by atoms with Crippen LogP contribution in [-0.4, -0.2) is 14.5 Å². The zero-order valence-corrected chi connectivity index (χ0v) is 13.4. The van der Waals surface area contributed by atoms with Crippen LogP contribution in [0.5, 0.6) is 0 Å². The van der Waals surface area contributed by atoms with Crippen LogP contribution in [0.4, 0.5) is 5.69 Å². The number of hydrogen-bond acceptors (Lipinski definition) is 3. The van der Waals surface area contributed by atoms with Gasteiger partial charge in [-0.25, -0.2) is 13.1 Å². The van der Waals surface area contributed by atoms with Crippen molar-refractivity contribution in [2.45, 2.75) is 51.5 Å². The molecule has 0 bridgehead atoms. The Hall–Kier alpha value is -1.07. The summed E-state index contributed by atoms with van der Waals surface area (Å²) in [7, 11) is -3.54. The predicted octanol–water partition coefficient (Wildman–Crippen LogP) is 2.60. The van der Waals surface area contributed by atoms with Gasteiger partial charge in [0, 0.05) is 6.04 Å². The molecule has 0 spiro atoms. The highest BCUT2D eigenvalue weighted by Crippen LogP contribution is 2.32. The summed E-state index contributed by atoms with van der Waals surface area (Å²) in [6.07, 6.45) is 1.96. The molecule has 3 N–H and O–H groups in total. The summed E-state index contributed by atoms with van der Waals surface area (Å²) in [5.41, 5.74) is 8.15. The zero-order valence-electron chi connectivity index (χ0n) is 12.6. The lowest BCUT2D eigenvalue weighted by Gasteiger charge is -2.20. The first-order valence-corrected chi connectivity index (χ1v) is 8.59. The molecule has 0 aromatic heterocycles. The average Bonchev–Trinajstić information content (AvgIpc) is 2.65. The SMILES string of the molecule is Cc1cc(N)c(S(=O)(=O)NC2CCC(C)C2C)cc1C. The molecular formula is C15H24N2O2S. The molecule has 1 aromatic rings. The van der Waals surface area contributed by atoms with Gasteiger partial charge in [0.1, 0.15) is 4.90 Å². The topological polar surface area (TPSA) is 72.2 Å². The molecule has 5 heteroatoms. The molecule has 20 heavy (non-hydrogen) atoms. The van der Waals surface area contributed by atoms with Crippen LogP contribution in [0.15, 0.2) is 17.0 Å². The van der Waals surface area contributed by atoms with Gasteiger partial charge in [-0.2, -0.15) is 0 Å². The molecule has 0 radical (unpaired) electrons. The third kappa shape index (κ3) is 2.83. The molecule has 1 fully saturated rings. The van der Waals surface area contributed by atoms with Crippen molar-refractivity contribution in [3.63, 3.8) is 0 Å². The first-order chi connectivity index (χ1) is 9.22. The molecule has 0 aliphatic heterocycles. The van der Waals surface area contributed by atoms with E-state index in [9.17, 15) is 8.42 Å². The Bertz CT molecular complexity index is 611. The number of aryl methyl sites for hydroxylation is 2. The van der Waals surface area contributed by atoms with Gasteiger partial charge < -0.3 is 5.73 Å². The number of nitrogens with one attached hydrogen (secondary N) is 1. The molecule has 4 nitrogen and oxygen atoms in total. The Morgan fingerprint density at radius 2 is 1.75 bits per heavy atom. The fraction of sp³-hybridized carbons (Fsp3) is 0.600. The van der Waals surface area contributed by atoms with E-state index < -0.39 is 10.0 Å². The maximum Gasteiger partial charge on any atom is 0.242 e. The Kier molecular flexibility index (Phi) is 4.12. The van der Waals surface area contributed by atoms with Gasteiger partial charge in [0.15, 0.2) is 0 Å². The fourth-order valence-corrected chi connectivity index (χ4v) is 4.40. The number of rotatable bonds is 3. The van der Waals surface area contributed by atoms with Crippen molar-refractivity contribution >= 4 is 15.7 Å². The molecule has 3 atom stereocenters. The maximum absolute atomic E-state index is 12.5. The number of anilines is 1. The van der Waals surface area contributed by atoms with Gasteiger partial charge >= 0.3 is 0 Å². The minimum atomic E-state index is -3.54. The second kappa shape index (κ2) is 5.37. The van der Waals surface area contributed by atoms with E-state index in [-0.39, 0.29) is 10.9 Å². The highest BCUT2D eigenvalue weighted by molar-refractivity contribution is 7.89. The van der Waals surface area contributed by atoms with Gasteiger partial charge in [-0.15, -0.1) is 0 Å². The van der Waals surface area contributed by atoms with Gasteiger partial charge in [-0.1, -0.05) is 13.8 Å². The third-order valence-electron chi connectivity index (χ3n) is 4.69. The summed E-state index contributed by atoms with van der Waals surface area (Å²) < 4.78 is 27.9. The van der Waals surface area contributed by atoms with Crippen LogP contribution in [0.25, 0.3) is 0 Å². The number of benzene rings is 1. The highest BCUT2D eigenvalue weighted by Gasteiger charge is 2.33. The molecule has 3 unspecified atom stereocenters. The van der Waals surface area contributed by atoms with Crippen LogP contribution in [-0.2, 0) is 10.0 Å². The molecule has 1 aliphatic rings. The largest absolute Gasteiger partial charge is 0.398 e. The van der Waals surface area contributed by atoms with E-state index in [1.165, 1.54) is 0 Å². The van der Waals surface area contributed by atoms with Gasteiger partial charge in [0.2, 0.25) is 10.0 Å². The Morgan fingerprint density at radius 3 is 2.30 bits per heavy atom. The average molecular weight is 296 g/mol. The van der Waals surface area contributed by atoms with Gasteiger partial charge in [-0.3, -0.25) is 0 Å². The quantitative estimate of drug-likeness (QED) is 0.842. The fourth-order valence-electron chi connectivity index (χ4n) is 2.84. The summed E-state index contributed by atoms with van der Waals surface area (Å²) >= 11 is 0. The van der Waals surface area contributed by atoms with Crippen LogP contribution in [0.1, 0.15) is 37.8 Å². The lowest BCUT2D eigenvalue weighted by Crippen LogP contribution is -2.37. The van der Waals surface area contributed by atoms with Crippen molar-refractivity contribution in [1.82, 2.24) is 4.72 Å². The Balaban J connectivity index is 2.30. The summed E-state index contributed by atoms with van der Waals surface area (Å²) in [4.78, 5) is 0.201. The van der Waals surface area contributed by atoms with Crippen LogP contribution in [0, 0.1) is 25.7 Å². The van der Waals surface area contributed by atoms with Crippen molar-refractivity contribution in [2.24, 2.45) is 11.8 Å². The third-order valence-corrected chi connectivity index (χ3v) is 6.23. The normalized spacial score (nSPS) is 26.9. The van der Waals surface area contributed by atoms with Crippen molar-refractivity contribution < 1.29 is 8.42 Å². The van der Waals surface area contributed by atoms with Crippen LogP contribution >= 0.6 is 0 Å². The number of hydrogen-bond donors (Lipinski definition) is 2. The number of nitrogens with two attached hydrogens (primary N) is 1. The molecule has 0 saturated heterocycles. The van der Waals surface area contributed by atoms with Crippen molar-refractivity contribution in [3.8, 4) is 0 Å². The molecule has 2 rings (SSSR count). The van der Waals surface area contributed by atoms with E-state index in [1.54, 1.807) is 12.1 Å². The van der Waals surface area contributed by atoms with Crippen LogP contribution < -0.4 is 10.5 Å². The summed E-state index contributed by atoms with van der Waals surface area (Å²) in [6.45, 7) is 8.10. The second-order valence-electron chi connectivity index (χ2n) is 6.12. The number of sulfonamides is 1. The molecule has 1 aliphatic carbocycles. The van der Waals surface area contributed by atoms with Gasteiger partial charge in [-0.05, 0) is 61.8 Å². The Morgan fingerprint density at radius 1 is 1.15 bits per heavy atom. The van der Waals surface area contributed by atoms with Gasteiger partial charge in [0.25, 0.3) is 0 Å². The van der Waals surface area contributed by atoms with E-state index >= 15 is 0 Å². The smallest absolute Gasteiger partial charge is 0.242 e. The monoisotopic (exact) mass is 296 g/mol. The molecule has 1 aromatic carbocycles. The Labute approximate surface area is 121 Å². The lowest BCUT2D eigenvalue weighted by atomic mass is 9.98. The summed E-state index contributed by atoms with van der Waals surface area (Å²) in [6, 6.07) is 3.40. The lowest BCUT2D eigenvalue weighted by molar-refractivity contribution is 0.402. The molecule has 0 heterocycles. The van der Waals surface area contributed by atoms with E-state index in [1.807, 2.05) is 13.8 Å². The number of nitrogen functional groups attached to an aromatic ring is 1. The molecule has 1 saturated carbocycles. The minimum Gasteiger partial charge on any atom is -0.398 e. The minimum absolute atomic E-state index is 0.0102. The highest BCUT2D eigenvalue weighted by atomic mass is 32.2. The standard InChI is InChI=1S/C15H24N2O2S/c1-9-5-6-14(12(9)4)17-20(18,19)15-8-11(3)10(2)7-13(15)16/h7-9,12,14,17H,5-6,16H2,1-4H3.